The average Bonchev–Trinajstić information content (AvgIpc) is 3.46. The van der Waals surface area contributed by atoms with Crippen molar-refractivity contribution >= 4 is 34.5 Å². The van der Waals surface area contributed by atoms with Gasteiger partial charge in [0.1, 0.15) is 5.75 Å². The molecule has 7 heteroatoms. The van der Waals surface area contributed by atoms with Crippen LogP contribution in [0.2, 0.25) is 0 Å². The van der Waals surface area contributed by atoms with Gasteiger partial charge < -0.3 is 15.4 Å². The normalized spacial score (nSPS) is 16.1. The number of carbonyl (C=O) groups excluding carboxylic acids is 2. The van der Waals surface area contributed by atoms with E-state index < -0.39 is 0 Å². The average molecular weight is 436 g/mol. The maximum absolute atomic E-state index is 12.8. The highest BCUT2D eigenvalue weighted by Gasteiger charge is 2.28. The van der Waals surface area contributed by atoms with Gasteiger partial charge in [0.05, 0.1) is 24.9 Å². The zero-order valence-electron chi connectivity index (χ0n) is 17.3. The highest BCUT2D eigenvalue weighted by Crippen LogP contribution is 2.34. The third-order valence-electron chi connectivity index (χ3n) is 5.38. The number of hydrogen-bond donors (Lipinski definition) is 2. The van der Waals surface area contributed by atoms with Gasteiger partial charge >= 0.3 is 0 Å². The number of likely N-dealkylation sites (tertiary alicyclic amines) is 1. The van der Waals surface area contributed by atoms with E-state index in [1.807, 2.05) is 12.1 Å². The molecule has 2 N–H and O–H groups in total. The number of ether oxygens (including phenoxy) is 1. The van der Waals surface area contributed by atoms with Gasteiger partial charge in [0, 0.05) is 16.6 Å². The maximum Gasteiger partial charge on any atom is 0.257 e. The van der Waals surface area contributed by atoms with Crippen molar-refractivity contribution in [2.45, 2.75) is 18.9 Å². The summed E-state index contributed by atoms with van der Waals surface area (Å²) in [4.78, 5) is 29.1. The zero-order chi connectivity index (χ0) is 21.6. The molecule has 1 aliphatic rings. The van der Waals surface area contributed by atoms with E-state index in [2.05, 4.69) is 27.0 Å². The molecule has 1 saturated heterocycles. The molecule has 0 spiro atoms. The molecular weight excluding hydrogens is 410 g/mol. The molecule has 1 atom stereocenters. The molecule has 31 heavy (non-hydrogen) atoms. The number of thiophene rings is 1. The molecule has 0 radical (unpaired) electrons. The van der Waals surface area contributed by atoms with E-state index in [0.717, 1.165) is 19.4 Å². The number of carbonyl (C=O) groups is 2. The maximum atomic E-state index is 12.8. The number of methoxy groups -OCH3 is 1. The van der Waals surface area contributed by atoms with Gasteiger partial charge in [0.2, 0.25) is 5.91 Å². The van der Waals surface area contributed by atoms with E-state index in [1.54, 1.807) is 60.9 Å². The Morgan fingerprint density at radius 3 is 2.61 bits per heavy atom. The molecule has 2 amide bonds. The van der Waals surface area contributed by atoms with Crippen molar-refractivity contribution < 1.29 is 14.3 Å². The van der Waals surface area contributed by atoms with Crippen molar-refractivity contribution in [2.75, 3.05) is 30.8 Å². The lowest BCUT2D eigenvalue weighted by atomic mass is 10.1. The Bertz CT molecular complexity index is 1030. The summed E-state index contributed by atoms with van der Waals surface area (Å²) in [6.07, 6.45) is 2.14. The van der Waals surface area contributed by atoms with Gasteiger partial charge in [-0.2, -0.15) is 0 Å². The van der Waals surface area contributed by atoms with E-state index in [4.69, 9.17) is 4.74 Å². The Kier molecular flexibility index (Phi) is 6.64. The minimum absolute atomic E-state index is 0.117. The zero-order valence-corrected chi connectivity index (χ0v) is 18.2. The highest BCUT2D eigenvalue weighted by molar-refractivity contribution is 7.10. The van der Waals surface area contributed by atoms with Gasteiger partial charge in [-0.15, -0.1) is 11.3 Å². The van der Waals surface area contributed by atoms with Crippen LogP contribution in [-0.4, -0.2) is 36.9 Å². The number of nitrogens with one attached hydrogen (secondary N) is 2. The molecule has 3 aromatic rings. The van der Waals surface area contributed by atoms with Crippen LogP contribution >= 0.6 is 11.3 Å². The third-order valence-corrected chi connectivity index (χ3v) is 6.35. The lowest BCUT2D eigenvalue weighted by Gasteiger charge is -2.23. The summed E-state index contributed by atoms with van der Waals surface area (Å²) >= 11 is 1.73. The molecular formula is C24H25N3O3S. The number of para-hydroxylation sites is 1. The Morgan fingerprint density at radius 1 is 1.06 bits per heavy atom. The van der Waals surface area contributed by atoms with Gasteiger partial charge in [-0.05, 0) is 67.2 Å². The molecule has 0 unspecified atom stereocenters. The lowest BCUT2D eigenvalue weighted by molar-refractivity contribution is -0.117. The molecule has 2 aromatic carbocycles. The van der Waals surface area contributed by atoms with Gasteiger partial charge in [-0.25, -0.2) is 0 Å². The monoisotopic (exact) mass is 435 g/mol. The number of nitrogens with zero attached hydrogens (tertiary/aromatic N) is 1. The summed E-state index contributed by atoms with van der Waals surface area (Å²) in [6, 6.07) is 18.6. The van der Waals surface area contributed by atoms with Crippen molar-refractivity contribution in [1.82, 2.24) is 4.90 Å². The Labute approximate surface area is 185 Å². The van der Waals surface area contributed by atoms with Crippen LogP contribution in [-0.2, 0) is 4.79 Å². The van der Waals surface area contributed by atoms with Crippen LogP contribution in [0.3, 0.4) is 0 Å². The van der Waals surface area contributed by atoms with Gasteiger partial charge in [0.25, 0.3) is 5.91 Å². The second-order valence-electron chi connectivity index (χ2n) is 7.42. The van der Waals surface area contributed by atoms with Crippen LogP contribution in [0.15, 0.2) is 66.0 Å². The molecule has 0 aliphatic carbocycles. The Hall–Kier alpha value is -3.16. The van der Waals surface area contributed by atoms with Crippen LogP contribution in [0, 0.1) is 0 Å². The second kappa shape index (κ2) is 9.76. The van der Waals surface area contributed by atoms with Crippen LogP contribution in [0.5, 0.6) is 5.75 Å². The molecule has 4 rings (SSSR count). The summed E-state index contributed by atoms with van der Waals surface area (Å²) in [7, 11) is 1.59. The third kappa shape index (κ3) is 5.13. The van der Waals surface area contributed by atoms with Crippen LogP contribution in [0.25, 0.3) is 0 Å². The molecule has 160 valence electrons. The number of hydrogen-bond acceptors (Lipinski definition) is 5. The first-order chi connectivity index (χ1) is 15.1. The highest BCUT2D eigenvalue weighted by atomic mass is 32.1. The van der Waals surface area contributed by atoms with Crippen molar-refractivity contribution in [1.29, 1.82) is 0 Å². The Morgan fingerprint density at radius 2 is 1.87 bits per heavy atom. The molecule has 1 fully saturated rings. The topological polar surface area (TPSA) is 70.7 Å². The predicted molar refractivity (Wildman–Crippen MR) is 124 cm³/mol. The summed E-state index contributed by atoms with van der Waals surface area (Å²) in [6.45, 7) is 1.20. The standard InChI is InChI=1S/C24H25N3O3S/c1-30-18-12-10-17(11-13-18)25-24(29)19-6-2-3-7-20(19)26-23(28)16-27-14-4-8-21(27)22-9-5-15-31-22/h2-3,5-7,9-13,15,21H,4,8,14,16H2,1H3,(H,25,29)(H,26,28)/t21-/m0/s1. The van der Waals surface area contributed by atoms with E-state index >= 15 is 0 Å². The lowest BCUT2D eigenvalue weighted by Crippen LogP contribution is -2.33. The minimum atomic E-state index is -0.279. The minimum Gasteiger partial charge on any atom is -0.497 e. The molecule has 2 heterocycles. The first kappa shape index (κ1) is 21.1. The van der Waals surface area contributed by atoms with Crippen molar-refractivity contribution in [3.05, 3.63) is 76.5 Å². The first-order valence-electron chi connectivity index (χ1n) is 10.3. The summed E-state index contributed by atoms with van der Waals surface area (Å²) in [5, 5.41) is 7.87. The number of benzene rings is 2. The van der Waals surface area contributed by atoms with Crippen LogP contribution < -0.4 is 15.4 Å². The smallest absolute Gasteiger partial charge is 0.257 e. The van der Waals surface area contributed by atoms with E-state index in [-0.39, 0.29) is 11.8 Å². The first-order valence-corrected chi connectivity index (χ1v) is 11.1. The molecule has 0 saturated carbocycles. The fourth-order valence-electron chi connectivity index (χ4n) is 3.86. The number of anilines is 2. The van der Waals surface area contributed by atoms with Gasteiger partial charge in [-0.1, -0.05) is 18.2 Å². The van der Waals surface area contributed by atoms with E-state index in [0.29, 0.717) is 35.3 Å². The quantitative estimate of drug-likeness (QED) is 0.560. The fourth-order valence-corrected chi connectivity index (χ4v) is 4.75. The molecule has 0 bridgehead atoms. The van der Waals surface area contributed by atoms with Gasteiger partial charge in [-0.3, -0.25) is 14.5 Å². The van der Waals surface area contributed by atoms with E-state index in [1.165, 1.54) is 4.88 Å². The summed E-state index contributed by atoms with van der Waals surface area (Å²) in [5.41, 5.74) is 1.58. The summed E-state index contributed by atoms with van der Waals surface area (Å²) in [5.74, 6) is 0.320. The summed E-state index contributed by atoms with van der Waals surface area (Å²) < 4.78 is 5.14. The van der Waals surface area contributed by atoms with Crippen molar-refractivity contribution in [3.63, 3.8) is 0 Å². The predicted octanol–water partition coefficient (Wildman–Crippen LogP) is 4.78. The number of rotatable bonds is 7. The van der Waals surface area contributed by atoms with Crippen LogP contribution in [0.1, 0.15) is 34.1 Å². The molecule has 1 aromatic heterocycles. The second-order valence-corrected chi connectivity index (χ2v) is 8.40. The number of amides is 2. The Balaban J connectivity index is 1.41. The molecule has 1 aliphatic heterocycles. The van der Waals surface area contributed by atoms with Crippen molar-refractivity contribution in [3.8, 4) is 5.75 Å². The van der Waals surface area contributed by atoms with E-state index in [9.17, 15) is 9.59 Å². The van der Waals surface area contributed by atoms with Gasteiger partial charge in [0.15, 0.2) is 0 Å². The fraction of sp³-hybridized carbons (Fsp3) is 0.250. The van der Waals surface area contributed by atoms with Crippen LogP contribution in [0.4, 0.5) is 11.4 Å². The largest absolute Gasteiger partial charge is 0.497 e. The molecule has 6 nitrogen and oxygen atoms in total. The van der Waals surface area contributed by atoms with Crippen molar-refractivity contribution in [2.24, 2.45) is 0 Å². The SMILES string of the molecule is COc1ccc(NC(=O)c2ccccc2NC(=O)CN2CCC[C@H]2c2cccs2)cc1.